The molecule has 24 heavy (non-hydrogen) atoms. The number of halogens is 1. The molecule has 6 N–H and O–H groups in total. The smallest absolute Gasteiger partial charge is 0.264 e. The van der Waals surface area contributed by atoms with Crippen molar-refractivity contribution < 1.29 is 24.4 Å². The highest BCUT2D eigenvalue weighted by molar-refractivity contribution is 5.77. The number of hydrogen-bond donors (Lipinski definition) is 5. The van der Waals surface area contributed by atoms with Crippen molar-refractivity contribution in [2.75, 3.05) is 12.3 Å². The Morgan fingerprint density at radius 3 is 2.96 bits per heavy atom. The third kappa shape index (κ3) is 2.18. The van der Waals surface area contributed by atoms with Gasteiger partial charge in [0.05, 0.1) is 6.61 Å². The van der Waals surface area contributed by atoms with E-state index in [1.165, 1.54) is 6.92 Å². The Kier molecular flexibility index (Phi) is 3.81. The molecule has 0 radical (unpaired) electrons. The number of fused-ring (bicyclic) bond motifs is 1. The molecule has 1 aliphatic heterocycles. The first kappa shape index (κ1) is 16.4. The zero-order chi connectivity index (χ0) is 17.6. The quantitative estimate of drug-likeness (QED) is 0.417. The van der Waals surface area contributed by atoms with Gasteiger partial charge in [-0.1, -0.05) is 5.92 Å². The van der Waals surface area contributed by atoms with Crippen molar-refractivity contribution in [3.63, 3.8) is 0 Å². The number of nitrogens with two attached hydrogens (primary N) is 1. The fraction of sp³-hybridized carbons (Fsp3) is 0.429. The van der Waals surface area contributed by atoms with E-state index in [-0.39, 0.29) is 17.0 Å². The van der Waals surface area contributed by atoms with E-state index in [4.69, 9.17) is 10.5 Å². The maximum atomic E-state index is 14.2. The number of H-pyrrole nitrogens is 1. The molecule has 0 saturated carbocycles. The number of nitrogens with one attached hydrogen (secondary N) is 1. The number of aromatic nitrogens is 3. The number of aromatic amines is 1. The summed E-state index contributed by atoms with van der Waals surface area (Å²) in [5.41, 5.74) is 2.37. The Morgan fingerprint density at radius 1 is 1.62 bits per heavy atom. The van der Waals surface area contributed by atoms with Crippen LogP contribution in [0.3, 0.4) is 0 Å². The maximum Gasteiger partial charge on any atom is 0.264 e. The number of nitrogens with zero attached hydrogens (tertiary/aromatic N) is 2. The van der Waals surface area contributed by atoms with Gasteiger partial charge in [0.15, 0.2) is 23.3 Å². The van der Waals surface area contributed by atoms with Gasteiger partial charge in [-0.25, -0.2) is 4.39 Å². The Bertz CT molecular complexity index is 913. The van der Waals surface area contributed by atoms with Crippen LogP contribution in [-0.4, -0.2) is 54.3 Å². The minimum Gasteiger partial charge on any atom is -0.394 e. The van der Waals surface area contributed by atoms with E-state index in [0.29, 0.717) is 0 Å². The van der Waals surface area contributed by atoms with E-state index in [1.807, 2.05) is 0 Å². The molecule has 0 aromatic carbocycles. The molecule has 3 rings (SSSR count). The highest BCUT2D eigenvalue weighted by atomic mass is 19.1. The molecule has 0 amide bonds. The van der Waals surface area contributed by atoms with Crippen LogP contribution in [0.25, 0.3) is 11.0 Å². The van der Waals surface area contributed by atoms with Gasteiger partial charge in [-0.3, -0.25) is 14.3 Å². The molecule has 10 heteroatoms. The topological polar surface area (TPSA) is 147 Å². The van der Waals surface area contributed by atoms with Gasteiger partial charge in [-0.15, -0.1) is 5.92 Å². The summed E-state index contributed by atoms with van der Waals surface area (Å²) in [5.74, 6) is 3.72. The molecule has 4 atom stereocenters. The van der Waals surface area contributed by atoms with Crippen molar-refractivity contribution in [2.24, 2.45) is 0 Å². The standard InChI is InChI=1S/C14H15FN4O5/c1-2-3-14(23)9(21)7(5-20)24-12(14)19-4-6(15)8-10(19)17-13(16)18-11(8)22/h4,7,9,12,20-21,23H,5H2,1H3,(H3,16,17,18,22)/t7-,9+,12-,14?/m1/s1. The fourth-order valence-electron chi connectivity index (χ4n) is 2.84. The van der Waals surface area contributed by atoms with Gasteiger partial charge in [0.2, 0.25) is 5.95 Å². The molecule has 9 nitrogen and oxygen atoms in total. The molecule has 2 aromatic rings. The Morgan fingerprint density at radius 2 is 2.33 bits per heavy atom. The van der Waals surface area contributed by atoms with Crippen LogP contribution in [0, 0.1) is 17.7 Å². The Labute approximate surface area is 134 Å². The van der Waals surface area contributed by atoms with Crippen LogP contribution in [0.5, 0.6) is 0 Å². The van der Waals surface area contributed by atoms with E-state index in [2.05, 4.69) is 21.8 Å². The second-order valence-corrected chi connectivity index (χ2v) is 5.39. The summed E-state index contributed by atoms with van der Waals surface area (Å²) in [7, 11) is 0. The number of nitrogen functional groups attached to an aromatic ring is 1. The summed E-state index contributed by atoms with van der Waals surface area (Å²) >= 11 is 0. The summed E-state index contributed by atoms with van der Waals surface area (Å²) in [6.07, 6.45) is -3.22. The van der Waals surface area contributed by atoms with Crippen molar-refractivity contribution >= 4 is 17.0 Å². The van der Waals surface area contributed by atoms with E-state index >= 15 is 0 Å². The first-order valence-electron chi connectivity index (χ1n) is 7.00. The molecular formula is C14H15FN4O5. The molecule has 1 aliphatic rings. The predicted octanol–water partition coefficient (Wildman–Crippen LogP) is -1.55. The number of aliphatic hydroxyl groups is 3. The highest BCUT2D eigenvalue weighted by Crippen LogP contribution is 2.39. The third-order valence-electron chi connectivity index (χ3n) is 3.90. The normalized spacial score (nSPS) is 29.6. The lowest BCUT2D eigenvalue weighted by atomic mass is 9.94. The second-order valence-electron chi connectivity index (χ2n) is 5.39. The van der Waals surface area contributed by atoms with Gasteiger partial charge in [-0.2, -0.15) is 4.98 Å². The van der Waals surface area contributed by atoms with E-state index in [1.54, 1.807) is 0 Å². The molecule has 1 unspecified atom stereocenters. The van der Waals surface area contributed by atoms with E-state index < -0.39 is 42.0 Å². The lowest BCUT2D eigenvalue weighted by Gasteiger charge is -2.26. The lowest BCUT2D eigenvalue weighted by molar-refractivity contribution is -0.0721. The highest BCUT2D eigenvalue weighted by Gasteiger charge is 2.56. The molecule has 2 aromatic heterocycles. The molecule has 1 saturated heterocycles. The SMILES string of the molecule is CC#CC1(O)[C@@H](O)[C@@H](CO)O[C@H]1n1cc(F)c2c(=O)[nH]c(N)nc21. The van der Waals surface area contributed by atoms with Crippen molar-refractivity contribution in [3.8, 4) is 11.8 Å². The monoisotopic (exact) mass is 338 g/mol. The molecule has 0 aliphatic carbocycles. The zero-order valence-corrected chi connectivity index (χ0v) is 12.5. The van der Waals surface area contributed by atoms with Crippen molar-refractivity contribution in [1.29, 1.82) is 0 Å². The number of aliphatic hydroxyl groups excluding tert-OH is 2. The first-order chi connectivity index (χ1) is 11.3. The minimum absolute atomic E-state index is 0.180. The summed E-state index contributed by atoms with van der Waals surface area (Å²) in [6, 6.07) is 0. The number of hydrogen-bond acceptors (Lipinski definition) is 7. The van der Waals surface area contributed by atoms with Gasteiger partial charge in [-0.05, 0) is 6.92 Å². The van der Waals surface area contributed by atoms with E-state index in [0.717, 1.165) is 10.8 Å². The number of rotatable bonds is 2. The van der Waals surface area contributed by atoms with Gasteiger partial charge in [0.1, 0.15) is 17.6 Å². The molecule has 0 spiro atoms. The summed E-state index contributed by atoms with van der Waals surface area (Å²) < 4.78 is 20.6. The third-order valence-corrected chi connectivity index (χ3v) is 3.90. The van der Waals surface area contributed by atoms with Gasteiger partial charge >= 0.3 is 0 Å². The van der Waals surface area contributed by atoms with Crippen molar-refractivity contribution in [2.45, 2.75) is 31.0 Å². The van der Waals surface area contributed by atoms with Crippen LogP contribution in [0.4, 0.5) is 10.3 Å². The summed E-state index contributed by atoms with van der Waals surface area (Å²) in [4.78, 5) is 17.9. The molecule has 0 bridgehead atoms. The van der Waals surface area contributed by atoms with Crippen LogP contribution in [0.1, 0.15) is 13.2 Å². The summed E-state index contributed by atoms with van der Waals surface area (Å²) in [6.45, 7) is 0.840. The zero-order valence-electron chi connectivity index (χ0n) is 12.5. The Balaban J connectivity index is 2.26. The second kappa shape index (κ2) is 5.57. The number of ether oxygens (including phenoxy) is 1. The van der Waals surface area contributed by atoms with E-state index in [9.17, 15) is 24.5 Å². The molecule has 128 valence electrons. The first-order valence-corrected chi connectivity index (χ1v) is 7.00. The summed E-state index contributed by atoms with van der Waals surface area (Å²) in [5, 5.41) is 29.9. The average Bonchev–Trinajstić information content (AvgIpc) is 2.96. The number of anilines is 1. The Hall–Kier alpha value is -2.45. The van der Waals surface area contributed by atoms with Gasteiger partial charge in [0, 0.05) is 6.20 Å². The average molecular weight is 338 g/mol. The lowest BCUT2D eigenvalue weighted by Crippen LogP contribution is -2.45. The maximum absolute atomic E-state index is 14.2. The predicted molar refractivity (Wildman–Crippen MR) is 80.1 cm³/mol. The van der Waals surface area contributed by atoms with Crippen molar-refractivity contribution in [1.82, 2.24) is 14.5 Å². The minimum atomic E-state index is -2.14. The van der Waals surface area contributed by atoms with Crippen LogP contribution < -0.4 is 11.3 Å². The molecule has 1 fully saturated rings. The van der Waals surface area contributed by atoms with Crippen LogP contribution >= 0.6 is 0 Å². The van der Waals surface area contributed by atoms with Crippen LogP contribution in [-0.2, 0) is 4.74 Å². The largest absolute Gasteiger partial charge is 0.394 e. The fourth-order valence-corrected chi connectivity index (χ4v) is 2.84. The van der Waals surface area contributed by atoms with Crippen LogP contribution in [0.2, 0.25) is 0 Å². The van der Waals surface area contributed by atoms with Crippen LogP contribution in [0.15, 0.2) is 11.0 Å². The van der Waals surface area contributed by atoms with Gasteiger partial charge in [0.25, 0.3) is 5.56 Å². The van der Waals surface area contributed by atoms with Gasteiger partial charge < -0.3 is 25.8 Å². The van der Waals surface area contributed by atoms with Crippen molar-refractivity contribution in [3.05, 3.63) is 22.4 Å². The molecular weight excluding hydrogens is 323 g/mol. The molecule has 3 heterocycles.